The molecule has 0 radical (unpaired) electrons. The average molecular weight is 411 g/mol. The SMILES string of the molecule is COc1c(F)cc(F)cc1-c1c[nH]c2ncc(C(C=NC3CCNCC3)=CN)cc12. The van der Waals surface area contributed by atoms with Gasteiger partial charge in [-0.25, -0.2) is 13.8 Å². The summed E-state index contributed by atoms with van der Waals surface area (Å²) in [5.41, 5.74) is 8.83. The second-order valence-corrected chi connectivity index (χ2v) is 7.17. The van der Waals surface area contributed by atoms with Crippen molar-refractivity contribution in [2.75, 3.05) is 20.2 Å². The zero-order valence-corrected chi connectivity index (χ0v) is 16.6. The van der Waals surface area contributed by atoms with Gasteiger partial charge >= 0.3 is 0 Å². The third-order valence-corrected chi connectivity index (χ3v) is 5.28. The normalized spacial score (nSPS) is 15.9. The van der Waals surface area contributed by atoms with Gasteiger partial charge in [-0.2, -0.15) is 0 Å². The number of aromatic nitrogens is 2. The zero-order valence-electron chi connectivity index (χ0n) is 16.6. The first-order valence-electron chi connectivity index (χ1n) is 9.77. The average Bonchev–Trinajstić information content (AvgIpc) is 3.18. The maximum absolute atomic E-state index is 14.2. The minimum atomic E-state index is -0.761. The third-order valence-electron chi connectivity index (χ3n) is 5.28. The lowest BCUT2D eigenvalue weighted by Gasteiger charge is -2.18. The molecule has 8 heteroatoms. The Bertz CT molecular complexity index is 1120. The number of pyridine rings is 1. The fourth-order valence-corrected chi connectivity index (χ4v) is 3.71. The Morgan fingerprint density at radius 3 is 2.77 bits per heavy atom. The number of rotatable bonds is 5. The Balaban J connectivity index is 1.74. The molecule has 1 saturated heterocycles. The molecule has 0 amide bonds. The fraction of sp³-hybridized carbons (Fsp3) is 0.273. The van der Waals surface area contributed by atoms with Gasteiger partial charge in [-0.05, 0) is 38.1 Å². The van der Waals surface area contributed by atoms with Gasteiger partial charge in [-0.3, -0.25) is 4.99 Å². The molecule has 1 aromatic carbocycles. The van der Waals surface area contributed by atoms with Crippen LogP contribution in [-0.4, -0.2) is 42.4 Å². The van der Waals surface area contributed by atoms with E-state index in [-0.39, 0.29) is 11.8 Å². The van der Waals surface area contributed by atoms with Crippen LogP contribution in [0.5, 0.6) is 5.75 Å². The first-order chi connectivity index (χ1) is 14.6. The van der Waals surface area contributed by atoms with E-state index in [1.807, 2.05) is 6.07 Å². The summed E-state index contributed by atoms with van der Waals surface area (Å²) in [6, 6.07) is 4.19. The number of fused-ring (bicyclic) bond motifs is 1. The summed E-state index contributed by atoms with van der Waals surface area (Å²) >= 11 is 0. The Labute approximate surface area is 172 Å². The molecule has 6 nitrogen and oxygen atoms in total. The summed E-state index contributed by atoms with van der Waals surface area (Å²) in [5, 5.41) is 4.01. The van der Waals surface area contributed by atoms with Crippen LogP contribution < -0.4 is 15.8 Å². The fourth-order valence-electron chi connectivity index (χ4n) is 3.71. The molecule has 3 heterocycles. The highest BCUT2D eigenvalue weighted by molar-refractivity contribution is 6.11. The third kappa shape index (κ3) is 3.91. The number of nitrogens with one attached hydrogen (secondary N) is 2. The number of allylic oxidation sites excluding steroid dienone is 1. The van der Waals surface area contributed by atoms with Crippen molar-refractivity contribution in [2.24, 2.45) is 10.7 Å². The number of hydrogen-bond donors (Lipinski definition) is 3. The molecule has 0 atom stereocenters. The van der Waals surface area contributed by atoms with Gasteiger partial charge in [0.1, 0.15) is 11.5 Å². The Hall–Kier alpha value is -3.26. The van der Waals surface area contributed by atoms with E-state index in [4.69, 9.17) is 10.5 Å². The number of ether oxygens (including phenoxy) is 1. The second kappa shape index (κ2) is 8.62. The molecule has 0 saturated carbocycles. The summed E-state index contributed by atoms with van der Waals surface area (Å²) in [6.07, 6.45) is 8.58. The predicted octanol–water partition coefficient (Wildman–Crippen LogP) is 3.64. The summed E-state index contributed by atoms with van der Waals surface area (Å²) in [4.78, 5) is 12.1. The molecular weight excluding hydrogens is 388 g/mol. The number of nitrogens with two attached hydrogens (primary N) is 1. The van der Waals surface area contributed by atoms with Crippen molar-refractivity contribution in [1.29, 1.82) is 0 Å². The van der Waals surface area contributed by atoms with Crippen LogP contribution in [-0.2, 0) is 0 Å². The largest absolute Gasteiger partial charge is 0.493 e. The maximum Gasteiger partial charge on any atom is 0.168 e. The minimum absolute atomic E-state index is 0.0234. The van der Waals surface area contributed by atoms with E-state index in [9.17, 15) is 8.78 Å². The van der Waals surface area contributed by atoms with Gasteiger partial charge in [0.25, 0.3) is 0 Å². The first-order valence-corrected chi connectivity index (χ1v) is 9.77. The summed E-state index contributed by atoms with van der Waals surface area (Å²) in [5.74, 6) is -1.47. The molecule has 1 aliphatic rings. The van der Waals surface area contributed by atoms with E-state index >= 15 is 0 Å². The highest BCUT2D eigenvalue weighted by atomic mass is 19.1. The number of aliphatic imine (C=N–C) groups is 1. The van der Waals surface area contributed by atoms with Crippen molar-refractivity contribution in [2.45, 2.75) is 18.9 Å². The molecule has 156 valence electrons. The number of methoxy groups -OCH3 is 1. The molecule has 4 N–H and O–H groups in total. The molecule has 1 aliphatic heterocycles. The molecule has 0 spiro atoms. The number of nitrogens with zero attached hydrogens (tertiary/aromatic N) is 2. The van der Waals surface area contributed by atoms with E-state index < -0.39 is 11.6 Å². The number of H-pyrrole nitrogens is 1. The highest BCUT2D eigenvalue weighted by Crippen LogP contribution is 2.37. The van der Waals surface area contributed by atoms with Crippen LogP contribution in [0.25, 0.3) is 27.7 Å². The lowest BCUT2D eigenvalue weighted by Crippen LogP contribution is -2.29. The Morgan fingerprint density at radius 1 is 1.23 bits per heavy atom. The summed E-state index contributed by atoms with van der Waals surface area (Å²) < 4.78 is 33.3. The molecule has 1 fully saturated rings. The van der Waals surface area contributed by atoms with Gasteiger partial charge in [0.15, 0.2) is 11.6 Å². The van der Waals surface area contributed by atoms with Gasteiger partial charge < -0.3 is 20.8 Å². The maximum atomic E-state index is 14.2. The highest BCUT2D eigenvalue weighted by Gasteiger charge is 2.18. The zero-order chi connectivity index (χ0) is 21.1. The standard InChI is InChI=1S/C22H23F2N5O/c1-30-21-17(7-15(23)8-20(21)24)19-12-29-22-18(19)6-13(10-28-22)14(9-25)11-27-16-2-4-26-5-3-16/h6-12,16,26H,2-5,25H2,1H3,(H,28,29). The second-order valence-electron chi connectivity index (χ2n) is 7.17. The van der Waals surface area contributed by atoms with Crippen LogP contribution in [0, 0.1) is 11.6 Å². The quantitative estimate of drug-likeness (QED) is 0.560. The molecule has 0 bridgehead atoms. The van der Waals surface area contributed by atoms with Crippen LogP contribution in [0.3, 0.4) is 0 Å². The van der Waals surface area contributed by atoms with Crippen molar-refractivity contribution in [3.05, 3.63) is 54.0 Å². The van der Waals surface area contributed by atoms with Crippen molar-refractivity contribution < 1.29 is 13.5 Å². The van der Waals surface area contributed by atoms with E-state index in [1.165, 1.54) is 19.4 Å². The molecule has 4 rings (SSSR count). The van der Waals surface area contributed by atoms with Crippen molar-refractivity contribution in [3.8, 4) is 16.9 Å². The van der Waals surface area contributed by atoms with Gasteiger partial charge in [-0.15, -0.1) is 0 Å². The molecule has 3 aromatic rings. The van der Waals surface area contributed by atoms with Crippen molar-refractivity contribution in [1.82, 2.24) is 15.3 Å². The van der Waals surface area contributed by atoms with Crippen LogP contribution >= 0.6 is 0 Å². The van der Waals surface area contributed by atoms with E-state index in [0.717, 1.165) is 43.1 Å². The number of halogens is 2. The van der Waals surface area contributed by atoms with Gasteiger partial charge in [0.2, 0.25) is 0 Å². The number of hydrogen-bond acceptors (Lipinski definition) is 5. The Morgan fingerprint density at radius 2 is 2.03 bits per heavy atom. The lowest BCUT2D eigenvalue weighted by atomic mass is 10.0. The van der Waals surface area contributed by atoms with E-state index in [0.29, 0.717) is 22.2 Å². The molecule has 2 aromatic heterocycles. The van der Waals surface area contributed by atoms with Gasteiger partial charge in [-0.1, -0.05) is 0 Å². The lowest BCUT2D eigenvalue weighted by molar-refractivity contribution is 0.386. The van der Waals surface area contributed by atoms with E-state index in [1.54, 1.807) is 18.6 Å². The molecular formula is C22H23F2N5O. The van der Waals surface area contributed by atoms with Crippen LogP contribution in [0.2, 0.25) is 0 Å². The number of benzene rings is 1. The van der Waals surface area contributed by atoms with Crippen LogP contribution in [0.4, 0.5) is 8.78 Å². The summed E-state index contributed by atoms with van der Waals surface area (Å²) in [6.45, 7) is 1.91. The van der Waals surface area contributed by atoms with Crippen molar-refractivity contribution in [3.63, 3.8) is 0 Å². The number of aromatic amines is 1. The molecule has 0 unspecified atom stereocenters. The number of piperidine rings is 1. The molecule has 30 heavy (non-hydrogen) atoms. The summed E-state index contributed by atoms with van der Waals surface area (Å²) in [7, 11) is 1.35. The van der Waals surface area contributed by atoms with Crippen molar-refractivity contribution >= 4 is 22.8 Å². The topological polar surface area (TPSA) is 88.3 Å². The smallest absolute Gasteiger partial charge is 0.168 e. The Kier molecular flexibility index (Phi) is 5.76. The van der Waals surface area contributed by atoms with Crippen LogP contribution in [0.1, 0.15) is 18.4 Å². The predicted molar refractivity (Wildman–Crippen MR) is 115 cm³/mol. The van der Waals surface area contributed by atoms with Crippen LogP contribution in [0.15, 0.2) is 41.8 Å². The van der Waals surface area contributed by atoms with Gasteiger partial charge in [0.05, 0.1) is 13.2 Å². The first kappa shape index (κ1) is 20.0. The van der Waals surface area contributed by atoms with E-state index in [2.05, 4.69) is 20.3 Å². The monoisotopic (exact) mass is 411 g/mol. The van der Waals surface area contributed by atoms with Gasteiger partial charge in [0, 0.05) is 58.5 Å². The minimum Gasteiger partial charge on any atom is -0.493 e. The molecule has 0 aliphatic carbocycles.